The van der Waals surface area contributed by atoms with Crippen molar-refractivity contribution < 1.29 is 13.9 Å². The van der Waals surface area contributed by atoms with Crippen LogP contribution in [-0.2, 0) is 11.3 Å². The van der Waals surface area contributed by atoms with E-state index in [2.05, 4.69) is 5.32 Å². The Kier molecular flexibility index (Phi) is 4.25. The molecule has 1 unspecified atom stereocenters. The molecule has 0 aliphatic carbocycles. The van der Waals surface area contributed by atoms with Gasteiger partial charge in [0.1, 0.15) is 11.6 Å². The summed E-state index contributed by atoms with van der Waals surface area (Å²) in [5, 5.41) is 2.59. The molecule has 88 valence electrons. The summed E-state index contributed by atoms with van der Waals surface area (Å²) >= 11 is 0. The van der Waals surface area contributed by atoms with Gasteiger partial charge >= 0.3 is 0 Å². The fourth-order valence-electron chi connectivity index (χ4n) is 1.23. The second kappa shape index (κ2) is 5.46. The second-order valence-corrected chi connectivity index (χ2v) is 3.46. The normalized spacial score (nSPS) is 12.0. The van der Waals surface area contributed by atoms with E-state index >= 15 is 0 Å². The lowest BCUT2D eigenvalue weighted by atomic mass is 10.2. The molecule has 0 aliphatic heterocycles. The van der Waals surface area contributed by atoms with E-state index in [0.717, 1.165) is 0 Å². The van der Waals surface area contributed by atoms with Crippen LogP contribution in [0.25, 0.3) is 0 Å². The summed E-state index contributed by atoms with van der Waals surface area (Å²) in [6.45, 7) is 1.78. The Morgan fingerprint density at radius 3 is 2.88 bits per heavy atom. The third-order valence-electron chi connectivity index (χ3n) is 2.11. The molecule has 0 saturated heterocycles. The number of carbonyl (C=O) groups excluding carboxylic acids is 1. The molecule has 1 aromatic rings. The molecule has 0 aromatic heterocycles. The predicted molar refractivity (Wildman–Crippen MR) is 58.4 cm³/mol. The molecule has 0 aliphatic rings. The Labute approximate surface area is 93.6 Å². The van der Waals surface area contributed by atoms with Gasteiger partial charge in [-0.1, -0.05) is 0 Å². The molecular weight excluding hydrogens is 211 g/mol. The van der Waals surface area contributed by atoms with E-state index < -0.39 is 6.04 Å². The Bertz CT molecular complexity index is 380. The van der Waals surface area contributed by atoms with Crippen LogP contribution in [-0.4, -0.2) is 19.1 Å². The summed E-state index contributed by atoms with van der Waals surface area (Å²) in [5.41, 5.74) is 5.96. The minimum Gasteiger partial charge on any atom is -0.496 e. The largest absolute Gasteiger partial charge is 0.496 e. The van der Waals surface area contributed by atoms with E-state index in [1.807, 2.05) is 0 Å². The fourth-order valence-corrected chi connectivity index (χ4v) is 1.23. The summed E-state index contributed by atoms with van der Waals surface area (Å²) in [7, 11) is 1.49. The van der Waals surface area contributed by atoms with Gasteiger partial charge in [-0.25, -0.2) is 4.39 Å². The highest BCUT2D eigenvalue weighted by molar-refractivity contribution is 5.80. The van der Waals surface area contributed by atoms with Crippen molar-refractivity contribution in [3.8, 4) is 5.75 Å². The van der Waals surface area contributed by atoms with Crippen molar-refractivity contribution >= 4 is 5.91 Å². The molecule has 1 atom stereocenters. The molecule has 1 rings (SSSR count). The second-order valence-electron chi connectivity index (χ2n) is 3.46. The van der Waals surface area contributed by atoms with Crippen molar-refractivity contribution in [2.24, 2.45) is 5.73 Å². The van der Waals surface area contributed by atoms with Gasteiger partial charge in [0.05, 0.1) is 13.2 Å². The van der Waals surface area contributed by atoms with Crippen molar-refractivity contribution in [3.05, 3.63) is 29.6 Å². The van der Waals surface area contributed by atoms with Crippen LogP contribution in [0.1, 0.15) is 12.5 Å². The average Bonchev–Trinajstić information content (AvgIpc) is 2.25. The molecule has 4 nitrogen and oxygen atoms in total. The van der Waals surface area contributed by atoms with Crippen molar-refractivity contribution in [2.75, 3.05) is 7.11 Å². The fraction of sp³-hybridized carbons (Fsp3) is 0.364. The van der Waals surface area contributed by atoms with Gasteiger partial charge in [0, 0.05) is 12.1 Å². The molecule has 3 N–H and O–H groups in total. The Morgan fingerprint density at radius 1 is 1.62 bits per heavy atom. The highest BCUT2D eigenvalue weighted by atomic mass is 19.1. The number of rotatable bonds is 4. The minimum atomic E-state index is -0.584. The van der Waals surface area contributed by atoms with Crippen molar-refractivity contribution in [3.63, 3.8) is 0 Å². The first-order chi connectivity index (χ1) is 7.54. The first kappa shape index (κ1) is 12.4. The molecule has 0 spiro atoms. The van der Waals surface area contributed by atoms with Crippen LogP contribution in [0.5, 0.6) is 5.75 Å². The predicted octanol–water partition coefficient (Wildman–Crippen LogP) is 0.798. The van der Waals surface area contributed by atoms with Gasteiger partial charge in [0.15, 0.2) is 0 Å². The lowest BCUT2D eigenvalue weighted by Gasteiger charge is -2.11. The maximum atomic E-state index is 13.0. The van der Waals surface area contributed by atoms with Gasteiger partial charge in [-0.05, 0) is 25.1 Å². The van der Waals surface area contributed by atoms with Crippen LogP contribution in [0.2, 0.25) is 0 Å². The van der Waals surface area contributed by atoms with Gasteiger partial charge in [0.25, 0.3) is 0 Å². The van der Waals surface area contributed by atoms with Crippen LogP contribution >= 0.6 is 0 Å². The Hall–Kier alpha value is -1.62. The quantitative estimate of drug-likeness (QED) is 0.798. The first-order valence-corrected chi connectivity index (χ1v) is 4.90. The number of carbonyl (C=O) groups is 1. The van der Waals surface area contributed by atoms with Crippen LogP contribution in [0.4, 0.5) is 4.39 Å². The molecule has 5 heteroatoms. The summed E-state index contributed by atoms with van der Waals surface area (Å²) in [6.07, 6.45) is 0. The van der Waals surface area contributed by atoms with Gasteiger partial charge in [-0.3, -0.25) is 4.79 Å². The lowest BCUT2D eigenvalue weighted by Crippen LogP contribution is -2.37. The number of benzene rings is 1. The van der Waals surface area contributed by atoms with Gasteiger partial charge < -0.3 is 15.8 Å². The zero-order chi connectivity index (χ0) is 12.1. The Morgan fingerprint density at radius 2 is 2.31 bits per heavy atom. The molecule has 0 saturated carbocycles. The van der Waals surface area contributed by atoms with Crippen LogP contribution < -0.4 is 15.8 Å². The Balaban J connectivity index is 2.72. The molecule has 1 aromatic carbocycles. The SMILES string of the molecule is COc1ccc(F)cc1CNC(=O)C(C)N. The number of halogens is 1. The monoisotopic (exact) mass is 226 g/mol. The third kappa shape index (κ3) is 3.20. The van der Waals surface area contributed by atoms with Crippen molar-refractivity contribution in [1.82, 2.24) is 5.32 Å². The van der Waals surface area contributed by atoms with Crippen LogP contribution in [0.15, 0.2) is 18.2 Å². The molecule has 1 amide bonds. The highest BCUT2D eigenvalue weighted by Gasteiger charge is 2.09. The number of methoxy groups -OCH3 is 1. The van der Waals surface area contributed by atoms with E-state index in [1.54, 1.807) is 6.92 Å². The number of amides is 1. The summed E-state index contributed by atoms with van der Waals surface area (Å²) in [5.74, 6) is -0.122. The average molecular weight is 226 g/mol. The molecule has 0 fully saturated rings. The molecule has 16 heavy (non-hydrogen) atoms. The molecule has 0 bridgehead atoms. The molecule has 0 radical (unpaired) electrons. The van der Waals surface area contributed by atoms with Crippen molar-refractivity contribution in [2.45, 2.75) is 19.5 Å². The lowest BCUT2D eigenvalue weighted by molar-refractivity contribution is -0.122. The number of nitrogens with two attached hydrogens (primary N) is 1. The zero-order valence-corrected chi connectivity index (χ0v) is 9.29. The minimum absolute atomic E-state index is 0.196. The topological polar surface area (TPSA) is 64.3 Å². The standard InChI is InChI=1S/C11H15FN2O2/c1-7(13)11(15)14-6-8-5-9(12)3-4-10(8)16-2/h3-5,7H,6,13H2,1-2H3,(H,14,15). The summed E-state index contributed by atoms with van der Waals surface area (Å²) in [6, 6.07) is 3.55. The third-order valence-corrected chi connectivity index (χ3v) is 2.11. The maximum absolute atomic E-state index is 13.0. The van der Waals surface area contributed by atoms with E-state index in [-0.39, 0.29) is 18.3 Å². The number of hydrogen-bond acceptors (Lipinski definition) is 3. The van der Waals surface area contributed by atoms with E-state index in [4.69, 9.17) is 10.5 Å². The van der Waals surface area contributed by atoms with Gasteiger partial charge in [-0.2, -0.15) is 0 Å². The molecular formula is C11H15FN2O2. The van der Waals surface area contributed by atoms with Crippen LogP contribution in [0, 0.1) is 5.82 Å². The smallest absolute Gasteiger partial charge is 0.236 e. The van der Waals surface area contributed by atoms with Crippen LogP contribution in [0.3, 0.4) is 0 Å². The van der Waals surface area contributed by atoms with E-state index in [9.17, 15) is 9.18 Å². The van der Waals surface area contributed by atoms with Gasteiger partial charge in [-0.15, -0.1) is 0 Å². The van der Waals surface area contributed by atoms with E-state index in [0.29, 0.717) is 11.3 Å². The molecule has 0 heterocycles. The maximum Gasteiger partial charge on any atom is 0.236 e. The first-order valence-electron chi connectivity index (χ1n) is 4.90. The van der Waals surface area contributed by atoms with Crippen molar-refractivity contribution in [1.29, 1.82) is 0 Å². The van der Waals surface area contributed by atoms with E-state index in [1.165, 1.54) is 25.3 Å². The summed E-state index contributed by atoms with van der Waals surface area (Å²) in [4.78, 5) is 11.2. The summed E-state index contributed by atoms with van der Waals surface area (Å²) < 4.78 is 18.0. The number of nitrogens with one attached hydrogen (secondary N) is 1. The number of hydrogen-bond donors (Lipinski definition) is 2. The van der Waals surface area contributed by atoms with Gasteiger partial charge in [0.2, 0.25) is 5.91 Å². The highest BCUT2D eigenvalue weighted by Crippen LogP contribution is 2.18. The zero-order valence-electron chi connectivity index (χ0n) is 9.29. The number of ether oxygens (including phenoxy) is 1.